The van der Waals surface area contributed by atoms with Crippen LogP contribution in [0.3, 0.4) is 0 Å². The fourth-order valence-electron chi connectivity index (χ4n) is 7.42. The monoisotopic (exact) mass is 639 g/mol. The van der Waals surface area contributed by atoms with Crippen molar-refractivity contribution >= 4 is 23.7 Å². The SMILES string of the molecule is C=CCCC(=O)N[C@@H](COC)[C@@H](OC(=O)[C@@H]1[C@H]2C(=O)N([C@@H](CC)CO)[C@H](C(=O)N(CC=C)C(C)C)[C@]23CC[C@H]1O3)c1ccccc1. The van der Waals surface area contributed by atoms with E-state index in [1.165, 1.54) is 12.0 Å². The van der Waals surface area contributed by atoms with Crippen molar-refractivity contribution in [1.29, 1.82) is 0 Å². The Balaban J connectivity index is 1.71. The zero-order chi connectivity index (χ0) is 33.6. The summed E-state index contributed by atoms with van der Waals surface area (Å²) >= 11 is 0. The number of methoxy groups -OCH3 is 1. The number of fused-ring (bicyclic) bond motifs is 1. The standard InChI is InChI=1S/C35H49N3O8/c1-7-10-16-27(40)36-25(21-44-6)30(23-14-12-11-13-15-23)45-34(43)28-26-17-18-35(46-26)29(28)32(41)38(24(9-3)20-39)31(35)33(42)37(19-8-2)22(4)5/h7-8,11-15,22,24-26,28-31,39H,1-2,9-10,16-21H2,3-6H3,(H,36,40)/t24-,25-,26+,28-,29-,30-,31+,35-/m0/s1. The van der Waals surface area contributed by atoms with Crippen LogP contribution in [0.25, 0.3) is 0 Å². The number of nitrogens with one attached hydrogen (secondary N) is 1. The van der Waals surface area contributed by atoms with Crippen molar-refractivity contribution in [1.82, 2.24) is 15.1 Å². The minimum absolute atomic E-state index is 0.0664. The van der Waals surface area contributed by atoms with E-state index in [1.807, 2.05) is 39.0 Å². The largest absolute Gasteiger partial charge is 0.455 e. The number of nitrogens with zero attached hydrogens (tertiary/aromatic N) is 2. The van der Waals surface area contributed by atoms with Gasteiger partial charge in [-0.2, -0.15) is 0 Å². The summed E-state index contributed by atoms with van der Waals surface area (Å²) in [5.41, 5.74) is -0.594. The summed E-state index contributed by atoms with van der Waals surface area (Å²) < 4.78 is 18.3. The van der Waals surface area contributed by atoms with Crippen molar-refractivity contribution in [3.05, 3.63) is 61.2 Å². The predicted octanol–water partition coefficient (Wildman–Crippen LogP) is 2.94. The maximum Gasteiger partial charge on any atom is 0.313 e. The normalized spacial score (nSPS) is 26.7. The van der Waals surface area contributed by atoms with Crippen LogP contribution in [0.5, 0.6) is 0 Å². The maximum absolute atomic E-state index is 14.4. The molecule has 8 atom stereocenters. The van der Waals surface area contributed by atoms with Crippen LogP contribution in [-0.4, -0.2) is 101 Å². The molecular weight excluding hydrogens is 590 g/mol. The van der Waals surface area contributed by atoms with E-state index in [1.54, 1.807) is 29.2 Å². The number of hydrogen-bond acceptors (Lipinski definition) is 8. The third-order valence-corrected chi connectivity index (χ3v) is 9.56. The van der Waals surface area contributed by atoms with Gasteiger partial charge in [-0.3, -0.25) is 19.2 Å². The first-order valence-corrected chi connectivity index (χ1v) is 16.3. The van der Waals surface area contributed by atoms with E-state index in [0.29, 0.717) is 31.2 Å². The summed E-state index contributed by atoms with van der Waals surface area (Å²) in [5.74, 6) is -3.52. The minimum Gasteiger partial charge on any atom is -0.455 e. The van der Waals surface area contributed by atoms with Crippen LogP contribution in [0, 0.1) is 11.8 Å². The first-order chi connectivity index (χ1) is 22.1. The molecule has 3 saturated heterocycles. The lowest BCUT2D eigenvalue weighted by molar-refractivity contribution is -0.163. The van der Waals surface area contributed by atoms with Crippen LogP contribution < -0.4 is 5.32 Å². The van der Waals surface area contributed by atoms with E-state index in [0.717, 1.165) is 0 Å². The van der Waals surface area contributed by atoms with Crippen LogP contribution in [0.1, 0.15) is 64.5 Å². The second-order valence-electron chi connectivity index (χ2n) is 12.6. The molecule has 0 saturated carbocycles. The molecule has 3 aliphatic heterocycles. The van der Waals surface area contributed by atoms with E-state index in [2.05, 4.69) is 18.5 Å². The van der Waals surface area contributed by atoms with Gasteiger partial charge in [0.1, 0.15) is 17.7 Å². The molecule has 4 rings (SSSR count). The van der Waals surface area contributed by atoms with Crippen molar-refractivity contribution in [3.8, 4) is 0 Å². The molecule has 11 nitrogen and oxygen atoms in total. The van der Waals surface area contributed by atoms with Crippen molar-refractivity contribution in [3.63, 3.8) is 0 Å². The second-order valence-corrected chi connectivity index (χ2v) is 12.6. The molecule has 1 spiro atoms. The third-order valence-electron chi connectivity index (χ3n) is 9.56. The fraction of sp³-hybridized carbons (Fsp3) is 0.600. The molecule has 1 aromatic rings. The van der Waals surface area contributed by atoms with Gasteiger partial charge in [0.15, 0.2) is 0 Å². The molecule has 3 aliphatic rings. The van der Waals surface area contributed by atoms with E-state index in [9.17, 15) is 24.3 Å². The Morgan fingerprint density at radius 1 is 1.22 bits per heavy atom. The fourth-order valence-corrected chi connectivity index (χ4v) is 7.42. The molecule has 252 valence electrons. The molecule has 3 heterocycles. The summed E-state index contributed by atoms with van der Waals surface area (Å²) in [6.45, 7) is 13.1. The number of carbonyl (C=O) groups is 4. The van der Waals surface area contributed by atoms with E-state index < -0.39 is 59.6 Å². The first kappa shape index (κ1) is 35.3. The molecule has 3 fully saturated rings. The van der Waals surface area contributed by atoms with Crippen LogP contribution in [0.2, 0.25) is 0 Å². The molecule has 0 radical (unpaired) electrons. The number of benzene rings is 1. The average molecular weight is 640 g/mol. The molecule has 2 bridgehead atoms. The second kappa shape index (κ2) is 15.4. The smallest absolute Gasteiger partial charge is 0.313 e. The van der Waals surface area contributed by atoms with E-state index in [-0.39, 0.29) is 44.0 Å². The first-order valence-electron chi connectivity index (χ1n) is 16.3. The molecule has 3 amide bonds. The Bertz CT molecular complexity index is 1270. The Morgan fingerprint density at radius 2 is 1.93 bits per heavy atom. The summed E-state index contributed by atoms with van der Waals surface area (Å²) in [6.07, 6.45) is 3.74. The number of aliphatic hydroxyl groups excluding tert-OH is 1. The van der Waals surface area contributed by atoms with Gasteiger partial charge in [0.25, 0.3) is 0 Å². The van der Waals surface area contributed by atoms with Gasteiger partial charge in [-0.1, -0.05) is 49.4 Å². The Kier molecular flexibility index (Phi) is 11.8. The average Bonchev–Trinajstić information content (AvgIpc) is 3.69. The third kappa shape index (κ3) is 6.63. The van der Waals surface area contributed by atoms with E-state index >= 15 is 0 Å². The van der Waals surface area contributed by atoms with Crippen LogP contribution in [0.15, 0.2) is 55.6 Å². The van der Waals surface area contributed by atoms with Crippen molar-refractivity contribution < 1.29 is 38.5 Å². The van der Waals surface area contributed by atoms with Gasteiger partial charge >= 0.3 is 5.97 Å². The molecule has 2 N–H and O–H groups in total. The number of esters is 1. The van der Waals surface area contributed by atoms with Gasteiger partial charge in [-0.15, -0.1) is 13.2 Å². The highest BCUT2D eigenvalue weighted by molar-refractivity contribution is 5.98. The summed E-state index contributed by atoms with van der Waals surface area (Å²) in [7, 11) is 1.50. The lowest BCUT2D eigenvalue weighted by Gasteiger charge is -2.40. The van der Waals surface area contributed by atoms with Gasteiger partial charge in [0.2, 0.25) is 17.7 Å². The van der Waals surface area contributed by atoms with Crippen LogP contribution in [-0.2, 0) is 33.4 Å². The lowest BCUT2D eigenvalue weighted by atomic mass is 9.70. The highest BCUT2D eigenvalue weighted by atomic mass is 16.6. The van der Waals surface area contributed by atoms with Crippen LogP contribution in [0.4, 0.5) is 0 Å². The molecular formula is C35H49N3O8. The van der Waals surface area contributed by atoms with Crippen molar-refractivity contribution in [2.24, 2.45) is 11.8 Å². The number of hydrogen-bond donors (Lipinski definition) is 2. The number of amides is 3. The topological polar surface area (TPSA) is 135 Å². The Labute approximate surface area is 271 Å². The molecule has 1 aromatic carbocycles. The van der Waals surface area contributed by atoms with Gasteiger partial charge < -0.3 is 34.4 Å². The van der Waals surface area contributed by atoms with Gasteiger partial charge in [0, 0.05) is 26.1 Å². The van der Waals surface area contributed by atoms with Gasteiger partial charge in [-0.25, -0.2) is 0 Å². The zero-order valence-electron chi connectivity index (χ0n) is 27.4. The summed E-state index contributed by atoms with van der Waals surface area (Å²) in [5, 5.41) is 13.3. The number of ether oxygens (including phenoxy) is 3. The summed E-state index contributed by atoms with van der Waals surface area (Å²) in [6, 6.07) is 6.53. The number of rotatable bonds is 17. The van der Waals surface area contributed by atoms with Crippen molar-refractivity contribution in [2.75, 3.05) is 26.9 Å². The van der Waals surface area contributed by atoms with E-state index in [4.69, 9.17) is 14.2 Å². The highest BCUT2D eigenvalue weighted by Gasteiger charge is 2.75. The molecule has 0 aromatic heterocycles. The lowest BCUT2D eigenvalue weighted by Crippen LogP contribution is -2.59. The Hall–Kier alpha value is -3.54. The van der Waals surface area contributed by atoms with Gasteiger partial charge in [-0.05, 0) is 45.1 Å². The molecule has 46 heavy (non-hydrogen) atoms. The Morgan fingerprint density at radius 3 is 2.52 bits per heavy atom. The number of aliphatic hydroxyl groups is 1. The van der Waals surface area contributed by atoms with Crippen molar-refractivity contribution in [2.45, 2.75) is 94.9 Å². The number of likely N-dealkylation sites (tertiary alicyclic amines) is 1. The minimum atomic E-state index is -1.24. The molecule has 11 heteroatoms. The van der Waals surface area contributed by atoms with Gasteiger partial charge in [0.05, 0.1) is 43.2 Å². The quantitative estimate of drug-likeness (QED) is 0.196. The maximum atomic E-state index is 14.4. The number of allylic oxidation sites excluding steroid dienone is 1. The highest BCUT2D eigenvalue weighted by Crippen LogP contribution is 2.59. The predicted molar refractivity (Wildman–Crippen MR) is 171 cm³/mol. The molecule has 0 aliphatic carbocycles. The van der Waals surface area contributed by atoms with Crippen LogP contribution >= 0.6 is 0 Å². The number of carbonyl (C=O) groups excluding carboxylic acids is 4. The summed E-state index contributed by atoms with van der Waals surface area (Å²) in [4.78, 5) is 58.9. The molecule has 0 unspecified atom stereocenters. The zero-order valence-corrected chi connectivity index (χ0v) is 27.4.